The molecule has 0 saturated heterocycles. The smallest absolute Gasteiger partial charge is 0.393 e. The zero-order valence-corrected chi connectivity index (χ0v) is 8.92. The maximum absolute atomic E-state index is 12.3. The van der Waals surface area contributed by atoms with Gasteiger partial charge in [0, 0.05) is 12.0 Å². The molecule has 0 unspecified atom stereocenters. The van der Waals surface area contributed by atoms with Crippen LogP contribution in [0.4, 0.5) is 13.2 Å². The zero-order chi connectivity index (χ0) is 13.1. The summed E-state index contributed by atoms with van der Waals surface area (Å²) in [6, 6.07) is 5.89. The van der Waals surface area contributed by atoms with Gasteiger partial charge in [0.05, 0.1) is 6.42 Å². The SMILES string of the molecule is C=C(Cc1ccccc1CC(F)(F)F)C(=O)O. The number of benzene rings is 1. The van der Waals surface area contributed by atoms with Gasteiger partial charge in [-0.2, -0.15) is 13.2 Å². The predicted octanol–water partition coefficient (Wildman–Crippen LogP) is 2.97. The summed E-state index contributed by atoms with van der Waals surface area (Å²) in [4.78, 5) is 10.6. The number of rotatable bonds is 4. The zero-order valence-electron chi connectivity index (χ0n) is 8.92. The molecule has 2 nitrogen and oxygen atoms in total. The lowest BCUT2D eigenvalue weighted by atomic mass is 9.98. The van der Waals surface area contributed by atoms with Crippen LogP contribution in [0.3, 0.4) is 0 Å². The highest BCUT2D eigenvalue weighted by atomic mass is 19.4. The van der Waals surface area contributed by atoms with Crippen molar-refractivity contribution in [3.05, 3.63) is 47.5 Å². The minimum atomic E-state index is -4.30. The first-order chi connectivity index (χ1) is 7.79. The second-order valence-corrected chi connectivity index (χ2v) is 3.65. The molecule has 0 amide bonds. The Labute approximate surface area is 96.4 Å². The summed E-state index contributed by atoms with van der Waals surface area (Å²) in [5, 5.41) is 8.65. The van der Waals surface area contributed by atoms with Gasteiger partial charge < -0.3 is 5.11 Å². The van der Waals surface area contributed by atoms with Crippen LogP contribution in [0, 0.1) is 0 Å². The van der Waals surface area contributed by atoms with Crippen molar-refractivity contribution in [1.82, 2.24) is 0 Å². The van der Waals surface area contributed by atoms with Crippen molar-refractivity contribution in [3.8, 4) is 0 Å². The maximum Gasteiger partial charge on any atom is 0.393 e. The van der Waals surface area contributed by atoms with Crippen LogP contribution in [0.5, 0.6) is 0 Å². The van der Waals surface area contributed by atoms with Crippen LogP contribution in [-0.2, 0) is 17.6 Å². The lowest BCUT2D eigenvalue weighted by molar-refractivity contribution is -0.132. The first-order valence-electron chi connectivity index (χ1n) is 4.84. The molecule has 0 aliphatic carbocycles. The molecule has 0 aliphatic rings. The van der Waals surface area contributed by atoms with Gasteiger partial charge in [-0.3, -0.25) is 0 Å². The van der Waals surface area contributed by atoms with Crippen LogP contribution < -0.4 is 0 Å². The van der Waals surface area contributed by atoms with Gasteiger partial charge in [0.1, 0.15) is 0 Å². The van der Waals surface area contributed by atoms with Crippen LogP contribution in [0.2, 0.25) is 0 Å². The van der Waals surface area contributed by atoms with Gasteiger partial charge >= 0.3 is 12.1 Å². The highest BCUT2D eigenvalue weighted by molar-refractivity contribution is 5.86. The molecule has 0 atom stereocenters. The molecule has 0 aliphatic heterocycles. The van der Waals surface area contributed by atoms with Gasteiger partial charge in [-0.15, -0.1) is 0 Å². The number of hydrogen-bond acceptors (Lipinski definition) is 1. The third-order valence-electron chi connectivity index (χ3n) is 2.22. The van der Waals surface area contributed by atoms with E-state index in [1.165, 1.54) is 18.2 Å². The molecule has 1 aromatic carbocycles. The number of carbonyl (C=O) groups is 1. The predicted molar refractivity (Wildman–Crippen MR) is 56.7 cm³/mol. The molecule has 17 heavy (non-hydrogen) atoms. The number of halogens is 3. The molecule has 0 aromatic heterocycles. The lowest BCUT2D eigenvalue weighted by Crippen LogP contribution is -2.14. The highest BCUT2D eigenvalue weighted by Crippen LogP contribution is 2.24. The van der Waals surface area contributed by atoms with Crippen molar-refractivity contribution >= 4 is 5.97 Å². The molecule has 1 aromatic rings. The summed E-state index contributed by atoms with van der Waals surface area (Å²) >= 11 is 0. The van der Waals surface area contributed by atoms with Gasteiger partial charge in [0.25, 0.3) is 0 Å². The molecule has 5 heteroatoms. The Balaban J connectivity index is 2.92. The topological polar surface area (TPSA) is 37.3 Å². The summed E-state index contributed by atoms with van der Waals surface area (Å²) in [6.07, 6.45) is -5.45. The summed E-state index contributed by atoms with van der Waals surface area (Å²) in [6.45, 7) is 3.31. The van der Waals surface area contributed by atoms with Crippen molar-refractivity contribution in [1.29, 1.82) is 0 Å². The Hall–Kier alpha value is -1.78. The Morgan fingerprint density at radius 3 is 2.24 bits per heavy atom. The van der Waals surface area contributed by atoms with Crippen LogP contribution >= 0.6 is 0 Å². The van der Waals surface area contributed by atoms with Gasteiger partial charge in [-0.05, 0) is 11.1 Å². The minimum absolute atomic E-state index is 0.0818. The maximum atomic E-state index is 12.3. The van der Waals surface area contributed by atoms with E-state index in [0.717, 1.165) is 0 Å². The molecule has 1 rings (SSSR count). The van der Waals surface area contributed by atoms with Gasteiger partial charge in [0.15, 0.2) is 0 Å². The van der Waals surface area contributed by atoms with Gasteiger partial charge in [-0.25, -0.2) is 4.79 Å². The number of alkyl halides is 3. The number of carboxylic acids is 1. The van der Waals surface area contributed by atoms with E-state index in [1.807, 2.05) is 0 Å². The van der Waals surface area contributed by atoms with Gasteiger partial charge in [0.2, 0.25) is 0 Å². The normalized spacial score (nSPS) is 11.2. The largest absolute Gasteiger partial charge is 0.478 e. The highest BCUT2D eigenvalue weighted by Gasteiger charge is 2.28. The van der Waals surface area contributed by atoms with Crippen LogP contribution in [0.1, 0.15) is 11.1 Å². The summed E-state index contributed by atoms with van der Waals surface area (Å²) in [5.74, 6) is -1.20. The quantitative estimate of drug-likeness (QED) is 0.827. The average molecular weight is 244 g/mol. The van der Waals surface area contributed by atoms with Crippen LogP contribution in [0.25, 0.3) is 0 Å². The van der Waals surface area contributed by atoms with Crippen LogP contribution in [-0.4, -0.2) is 17.3 Å². The number of carboxylic acid groups (broad SMARTS) is 1. The molecule has 0 radical (unpaired) electrons. The monoisotopic (exact) mass is 244 g/mol. The fraction of sp³-hybridized carbons (Fsp3) is 0.250. The van der Waals surface area contributed by atoms with Crippen molar-refractivity contribution in [2.75, 3.05) is 0 Å². The molecule has 0 spiro atoms. The Kier molecular flexibility index (Phi) is 3.93. The molecular weight excluding hydrogens is 233 g/mol. The fourth-order valence-corrected chi connectivity index (χ4v) is 1.42. The Bertz CT molecular complexity index is 436. The Morgan fingerprint density at radius 1 is 1.24 bits per heavy atom. The standard InChI is InChI=1S/C12H11F3O2/c1-8(11(16)17)6-9-4-2-3-5-10(9)7-12(13,14)15/h2-5H,1,6-7H2,(H,16,17). The second kappa shape index (κ2) is 5.03. The summed E-state index contributed by atoms with van der Waals surface area (Å²) < 4.78 is 36.8. The van der Waals surface area contributed by atoms with Crippen molar-refractivity contribution < 1.29 is 23.1 Å². The number of hydrogen-bond donors (Lipinski definition) is 1. The lowest BCUT2D eigenvalue weighted by Gasteiger charge is -2.11. The molecule has 92 valence electrons. The first-order valence-corrected chi connectivity index (χ1v) is 4.84. The van der Waals surface area contributed by atoms with Crippen molar-refractivity contribution in [2.24, 2.45) is 0 Å². The Morgan fingerprint density at radius 2 is 1.76 bits per heavy atom. The van der Waals surface area contributed by atoms with Gasteiger partial charge in [-0.1, -0.05) is 30.8 Å². The van der Waals surface area contributed by atoms with Crippen molar-refractivity contribution in [3.63, 3.8) is 0 Å². The van der Waals surface area contributed by atoms with Crippen molar-refractivity contribution in [2.45, 2.75) is 19.0 Å². The molecule has 0 fully saturated rings. The minimum Gasteiger partial charge on any atom is -0.478 e. The van der Waals surface area contributed by atoms with E-state index in [4.69, 9.17) is 5.11 Å². The second-order valence-electron chi connectivity index (χ2n) is 3.65. The van der Waals surface area contributed by atoms with E-state index in [1.54, 1.807) is 6.07 Å². The summed E-state index contributed by atoms with van der Waals surface area (Å²) in [5.41, 5.74) is 0.305. The molecule has 0 heterocycles. The third-order valence-corrected chi connectivity index (χ3v) is 2.22. The van der Waals surface area contributed by atoms with E-state index in [0.29, 0.717) is 5.56 Å². The van der Waals surface area contributed by atoms with E-state index in [2.05, 4.69) is 6.58 Å². The van der Waals surface area contributed by atoms with E-state index >= 15 is 0 Å². The molecular formula is C12H11F3O2. The summed E-state index contributed by atoms with van der Waals surface area (Å²) in [7, 11) is 0. The van der Waals surface area contributed by atoms with E-state index in [-0.39, 0.29) is 17.6 Å². The van der Waals surface area contributed by atoms with E-state index < -0.39 is 18.6 Å². The first kappa shape index (κ1) is 13.3. The molecule has 0 bridgehead atoms. The third kappa shape index (κ3) is 4.30. The van der Waals surface area contributed by atoms with E-state index in [9.17, 15) is 18.0 Å². The molecule has 0 saturated carbocycles. The van der Waals surface area contributed by atoms with Crippen LogP contribution in [0.15, 0.2) is 36.4 Å². The average Bonchev–Trinajstić information content (AvgIpc) is 2.18. The number of aliphatic carboxylic acids is 1. The fourth-order valence-electron chi connectivity index (χ4n) is 1.42. The molecule has 1 N–H and O–H groups in total.